The number of nitrogens with one attached hydrogen (secondary N) is 2. The first kappa shape index (κ1) is 19.9. The summed E-state index contributed by atoms with van der Waals surface area (Å²) in [5, 5.41) is 21.0. The summed E-state index contributed by atoms with van der Waals surface area (Å²) >= 11 is 0. The summed E-state index contributed by atoms with van der Waals surface area (Å²) in [6.45, 7) is 2.99. The third-order valence-electron chi connectivity index (χ3n) is 3.93. The van der Waals surface area contributed by atoms with Gasteiger partial charge in [0.2, 0.25) is 0 Å². The van der Waals surface area contributed by atoms with Crippen molar-refractivity contribution < 1.29 is 5.11 Å². The van der Waals surface area contributed by atoms with Gasteiger partial charge in [-0.15, -0.1) is 24.8 Å². The standard InChI is InChI=1S/C16H22N4O.2ClH/c1-20(12-16(21)7-8-17-11-16)10-14-9-15(19-18-14)13-5-3-2-4-6-13;;/h2-6,9,17,21H,7-8,10-12H2,1H3,(H,18,19);2*1H. The quantitative estimate of drug-likeness (QED) is 0.765. The fourth-order valence-corrected chi connectivity index (χ4v) is 2.91. The van der Waals surface area contributed by atoms with Crippen LogP contribution in [0.3, 0.4) is 0 Å². The number of hydrogen-bond acceptors (Lipinski definition) is 4. The van der Waals surface area contributed by atoms with Gasteiger partial charge in [0.15, 0.2) is 0 Å². The lowest BCUT2D eigenvalue weighted by Crippen LogP contribution is -2.42. The lowest BCUT2D eigenvalue weighted by molar-refractivity contribution is 0.0261. The number of H-pyrrole nitrogens is 1. The number of benzene rings is 1. The van der Waals surface area contributed by atoms with E-state index < -0.39 is 5.60 Å². The predicted molar refractivity (Wildman–Crippen MR) is 97.3 cm³/mol. The van der Waals surface area contributed by atoms with E-state index in [1.807, 2.05) is 25.2 Å². The van der Waals surface area contributed by atoms with Crippen LogP contribution in [-0.4, -0.2) is 52.5 Å². The molecule has 1 saturated heterocycles. The summed E-state index contributed by atoms with van der Waals surface area (Å²) in [5.74, 6) is 0. The summed E-state index contributed by atoms with van der Waals surface area (Å²) < 4.78 is 0. The minimum atomic E-state index is -0.600. The maximum Gasteiger partial charge on any atom is 0.0924 e. The number of halogens is 2. The molecule has 3 N–H and O–H groups in total. The molecule has 0 bridgehead atoms. The number of rotatable bonds is 5. The van der Waals surface area contributed by atoms with Gasteiger partial charge in [-0.25, -0.2) is 0 Å². The Kier molecular flexibility index (Phi) is 7.51. The van der Waals surface area contributed by atoms with Gasteiger partial charge in [0.05, 0.1) is 11.3 Å². The van der Waals surface area contributed by atoms with Crippen molar-refractivity contribution >= 4 is 24.8 Å². The third-order valence-corrected chi connectivity index (χ3v) is 3.93. The minimum absolute atomic E-state index is 0. The van der Waals surface area contributed by atoms with Gasteiger partial charge in [-0.2, -0.15) is 5.10 Å². The van der Waals surface area contributed by atoms with E-state index in [9.17, 15) is 5.11 Å². The van der Waals surface area contributed by atoms with Crippen LogP contribution in [0.4, 0.5) is 0 Å². The van der Waals surface area contributed by atoms with Crippen molar-refractivity contribution in [3.8, 4) is 11.3 Å². The van der Waals surface area contributed by atoms with Crippen molar-refractivity contribution in [1.29, 1.82) is 0 Å². The zero-order valence-corrected chi connectivity index (χ0v) is 14.8. The number of aromatic amines is 1. The molecule has 1 aromatic heterocycles. The fraction of sp³-hybridized carbons (Fsp3) is 0.438. The first-order chi connectivity index (χ1) is 10.1. The van der Waals surface area contributed by atoms with Crippen LogP contribution >= 0.6 is 24.8 Å². The molecular formula is C16H24Cl2N4O. The van der Waals surface area contributed by atoms with Crippen LogP contribution in [0.1, 0.15) is 12.1 Å². The Labute approximate surface area is 149 Å². The van der Waals surface area contributed by atoms with Crippen LogP contribution < -0.4 is 5.32 Å². The van der Waals surface area contributed by atoms with Gasteiger partial charge in [-0.05, 0) is 26.1 Å². The zero-order chi connectivity index (χ0) is 14.7. The second-order valence-corrected chi connectivity index (χ2v) is 5.97. The molecule has 0 amide bonds. The van der Waals surface area contributed by atoms with Crippen LogP contribution in [0.2, 0.25) is 0 Å². The highest BCUT2D eigenvalue weighted by Crippen LogP contribution is 2.19. The zero-order valence-electron chi connectivity index (χ0n) is 13.2. The highest BCUT2D eigenvalue weighted by molar-refractivity contribution is 5.85. The molecule has 2 heterocycles. The van der Waals surface area contributed by atoms with E-state index in [0.29, 0.717) is 13.1 Å². The van der Waals surface area contributed by atoms with Gasteiger partial charge < -0.3 is 10.4 Å². The van der Waals surface area contributed by atoms with Crippen molar-refractivity contribution in [3.63, 3.8) is 0 Å². The first-order valence-corrected chi connectivity index (χ1v) is 7.36. The molecule has 0 spiro atoms. The van der Waals surface area contributed by atoms with Crippen LogP contribution in [0.5, 0.6) is 0 Å². The van der Waals surface area contributed by atoms with Crippen LogP contribution in [0.15, 0.2) is 36.4 Å². The predicted octanol–water partition coefficient (Wildman–Crippen LogP) is 2.08. The second kappa shape index (κ2) is 8.66. The number of nitrogens with zero attached hydrogens (tertiary/aromatic N) is 2. The summed E-state index contributed by atoms with van der Waals surface area (Å²) in [6.07, 6.45) is 0.815. The highest BCUT2D eigenvalue weighted by atomic mass is 35.5. The van der Waals surface area contributed by atoms with Crippen molar-refractivity contribution in [2.24, 2.45) is 0 Å². The maximum absolute atomic E-state index is 10.4. The van der Waals surface area contributed by atoms with Crippen LogP contribution in [0.25, 0.3) is 11.3 Å². The SMILES string of the molecule is CN(Cc1cc(-c2ccccc2)n[nH]1)CC1(O)CCNC1.Cl.Cl. The molecule has 0 aliphatic carbocycles. The summed E-state index contributed by atoms with van der Waals surface area (Å²) in [5.41, 5.74) is 2.53. The average molecular weight is 359 g/mol. The third kappa shape index (κ3) is 5.19. The molecule has 23 heavy (non-hydrogen) atoms. The summed E-state index contributed by atoms with van der Waals surface area (Å²) in [6, 6.07) is 12.2. The molecule has 1 aromatic carbocycles. The number of aromatic nitrogens is 2. The largest absolute Gasteiger partial charge is 0.387 e. The fourth-order valence-electron chi connectivity index (χ4n) is 2.91. The first-order valence-electron chi connectivity index (χ1n) is 7.36. The van der Waals surface area contributed by atoms with Crippen molar-refractivity contribution in [2.45, 2.75) is 18.6 Å². The molecule has 1 fully saturated rings. The molecule has 1 aliphatic rings. The molecule has 1 aliphatic heterocycles. The van der Waals surface area contributed by atoms with E-state index in [-0.39, 0.29) is 24.8 Å². The van der Waals surface area contributed by atoms with Crippen LogP contribution in [-0.2, 0) is 6.54 Å². The summed E-state index contributed by atoms with van der Waals surface area (Å²) in [7, 11) is 2.03. The number of hydrogen-bond donors (Lipinski definition) is 3. The van der Waals surface area contributed by atoms with Gasteiger partial charge >= 0.3 is 0 Å². The maximum atomic E-state index is 10.4. The molecule has 0 radical (unpaired) electrons. The summed E-state index contributed by atoms with van der Waals surface area (Å²) in [4.78, 5) is 2.13. The van der Waals surface area contributed by atoms with E-state index >= 15 is 0 Å². The normalized spacial score (nSPS) is 20.1. The van der Waals surface area contributed by atoms with E-state index in [2.05, 4.69) is 38.6 Å². The molecule has 5 nitrogen and oxygen atoms in total. The minimum Gasteiger partial charge on any atom is -0.387 e. The van der Waals surface area contributed by atoms with E-state index in [4.69, 9.17) is 0 Å². The topological polar surface area (TPSA) is 64.2 Å². The Bertz CT molecular complexity index is 585. The lowest BCUT2D eigenvalue weighted by Gasteiger charge is -2.27. The molecule has 1 atom stereocenters. The number of aliphatic hydroxyl groups is 1. The number of β-amino-alcohol motifs (C(OH)–C–C–N with tert-alkyl or cyclic N) is 1. The van der Waals surface area contributed by atoms with Crippen molar-refractivity contribution in [1.82, 2.24) is 20.4 Å². The van der Waals surface area contributed by atoms with Gasteiger partial charge in [-0.1, -0.05) is 30.3 Å². The van der Waals surface area contributed by atoms with E-state index in [0.717, 1.165) is 36.5 Å². The number of likely N-dealkylation sites (N-methyl/N-ethyl adjacent to an activating group) is 1. The highest BCUT2D eigenvalue weighted by Gasteiger charge is 2.32. The van der Waals surface area contributed by atoms with E-state index in [1.165, 1.54) is 0 Å². The lowest BCUT2D eigenvalue weighted by atomic mass is 10.0. The van der Waals surface area contributed by atoms with Crippen LogP contribution in [0, 0.1) is 0 Å². The second-order valence-electron chi connectivity index (χ2n) is 5.97. The van der Waals surface area contributed by atoms with Gasteiger partial charge in [0.25, 0.3) is 0 Å². The Morgan fingerprint density at radius 1 is 1.26 bits per heavy atom. The Morgan fingerprint density at radius 3 is 2.65 bits per heavy atom. The Hall–Kier alpha value is -1.11. The van der Waals surface area contributed by atoms with Crippen molar-refractivity contribution in [3.05, 3.63) is 42.1 Å². The van der Waals surface area contributed by atoms with Crippen molar-refractivity contribution in [2.75, 3.05) is 26.7 Å². The molecule has 1 unspecified atom stereocenters. The molecule has 0 saturated carbocycles. The molecular weight excluding hydrogens is 335 g/mol. The molecule has 128 valence electrons. The average Bonchev–Trinajstić information content (AvgIpc) is 3.09. The molecule has 2 aromatic rings. The van der Waals surface area contributed by atoms with E-state index in [1.54, 1.807) is 0 Å². The Balaban J connectivity index is 0.00000132. The van der Waals surface area contributed by atoms with Gasteiger partial charge in [0, 0.05) is 30.9 Å². The monoisotopic (exact) mass is 358 g/mol. The van der Waals surface area contributed by atoms with Gasteiger partial charge in [-0.3, -0.25) is 10.00 Å². The molecule has 3 rings (SSSR count). The Morgan fingerprint density at radius 2 is 2.00 bits per heavy atom. The molecule has 7 heteroatoms. The van der Waals surface area contributed by atoms with Gasteiger partial charge in [0.1, 0.15) is 0 Å². The smallest absolute Gasteiger partial charge is 0.0924 e.